The Hall–Kier alpha value is -3.27. The van der Waals surface area contributed by atoms with Gasteiger partial charge in [-0.1, -0.05) is 0 Å². The molecule has 1 aliphatic carbocycles. The Morgan fingerprint density at radius 3 is 2.58 bits per heavy atom. The molecule has 0 unspecified atom stereocenters. The maximum absolute atomic E-state index is 11.9. The third-order valence-electron chi connectivity index (χ3n) is 5.76. The summed E-state index contributed by atoms with van der Waals surface area (Å²) in [5.74, 6) is 2.00. The lowest BCUT2D eigenvalue weighted by Crippen LogP contribution is -2.37. The highest BCUT2D eigenvalue weighted by molar-refractivity contribution is 5.76. The molecule has 4 N–H and O–H groups in total. The van der Waals surface area contributed by atoms with Gasteiger partial charge in [-0.05, 0) is 76.6 Å². The third-order valence-corrected chi connectivity index (χ3v) is 5.76. The number of aromatic nitrogens is 2. The molecule has 1 aromatic carbocycles. The number of nitrogens with zero attached hydrogens (tertiary/aromatic N) is 4. The number of hydrogen-bond donors (Lipinski definition) is 4. The van der Waals surface area contributed by atoms with Gasteiger partial charge in [0.15, 0.2) is 5.82 Å². The Morgan fingerprint density at radius 1 is 1.21 bits per heavy atom. The molecular formula is C23H33N7O3. The van der Waals surface area contributed by atoms with Crippen LogP contribution in [0.4, 0.5) is 27.9 Å². The number of nitrogens with one attached hydrogen (secondary N) is 3. The molecule has 0 bridgehead atoms. The first-order chi connectivity index (χ1) is 15.7. The van der Waals surface area contributed by atoms with Gasteiger partial charge in [0.25, 0.3) is 0 Å². The largest absolute Gasteiger partial charge is 0.508 e. The van der Waals surface area contributed by atoms with Crippen LogP contribution in [0.2, 0.25) is 0 Å². The van der Waals surface area contributed by atoms with Crippen LogP contribution in [0, 0.1) is 5.92 Å². The minimum atomic E-state index is -0.482. The molecule has 33 heavy (non-hydrogen) atoms. The molecule has 2 heterocycles. The van der Waals surface area contributed by atoms with E-state index in [1.54, 1.807) is 18.3 Å². The number of anilines is 4. The van der Waals surface area contributed by atoms with Crippen molar-refractivity contribution in [3.05, 3.63) is 30.5 Å². The molecule has 1 saturated carbocycles. The number of hydrogen-bond acceptors (Lipinski definition) is 9. The van der Waals surface area contributed by atoms with E-state index >= 15 is 0 Å². The number of phenolic OH excluding ortho intramolecular Hbond substituents is 1. The first-order valence-corrected chi connectivity index (χ1v) is 11.4. The Morgan fingerprint density at radius 2 is 1.91 bits per heavy atom. The Bertz CT molecular complexity index is 969. The van der Waals surface area contributed by atoms with Crippen molar-refractivity contribution in [1.29, 1.82) is 0 Å². The zero-order valence-electron chi connectivity index (χ0n) is 19.6. The highest BCUT2D eigenvalue weighted by Gasteiger charge is 2.29. The maximum Gasteiger partial charge on any atom is 0.407 e. The Kier molecular flexibility index (Phi) is 6.46. The van der Waals surface area contributed by atoms with E-state index in [2.05, 4.69) is 21.0 Å². The third kappa shape index (κ3) is 5.75. The van der Waals surface area contributed by atoms with Crippen molar-refractivity contribution >= 4 is 29.2 Å². The van der Waals surface area contributed by atoms with Gasteiger partial charge in [0.05, 0.1) is 11.9 Å². The zero-order valence-corrected chi connectivity index (χ0v) is 19.6. The van der Waals surface area contributed by atoms with Crippen LogP contribution in [0.5, 0.6) is 5.75 Å². The molecule has 1 aliphatic heterocycles. The maximum atomic E-state index is 11.9. The van der Waals surface area contributed by atoms with Gasteiger partial charge in [-0.3, -0.25) is 5.43 Å². The fourth-order valence-corrected chi connectivity index (χ4v) is 4.17. The number of alkyl carbamates (subject to hydrolysis) is 1. The van der Waals surface area contributed by atoms with Gasteiger partial charge >= 0.3 is 6.09 Å². The summed E-state index contributed by atoms with van der Waals surface area (Å²) in [5, 5.41) is 19.7. The van der Waals surface area contributed by atoms with E-state index in [4.69, 9.17) is 9.72 Å². The van der Waals surface area contributed by atoms with Crippen molar-refractivity contribution in [1.82, 2.24) is 20.4 Å². The first kappa shape index (κ1) is 22.9. The lowest BCUT2D eigenvalue weighted by molar-refractivity contribution is 0.0515. The minimum Gasteiger partial charge on any atom is -0.508 e. The number of fused-ring (bicyclic) bond motifs is 1. The highest BCUT2D eigenvalue weighted by atomic mass is 16.6. The number of phenols is 1. The van der Waals surface area contributed by atoms with Gasteiger partial charge in [-0.2, -0.15) is 4.98 Å². The predicted molar refractivity (Wildman–Crippen MR) is 127 cm³/mol. The summed E-state index contributed by atoms with van der Waals surface area (Å²) in [6.45, 7) is 6.23. The van der Waals surface area contributed by atoms with E-state index < -0.39 is 5.60 Å². The topological polar surface area (TPSA) is 115 Å². The van der Waals surface area contributed by atoms with E-state index in [0.29, 0.717) is 18.4 Å². The molecule has 0 radical (unpaired) electrons. The van der Waals surface area contributed by atoms with E-state index in [-0.39, 0.29) is 17.9 Å². The normalized spacial score (nSPS) is 20.7. The molecule has 1 amide bonds. The van der Waals surface area contributed by atoms with Gasteiger partial charge in [-0.15, -0.1) is 5.12 Å². The van der Waals surface area contributed by atoms with Crippen LogP contribution in [-0.2, 0) is 4.74 Å². The second-order valence-electron chi connectivity index (χ2n) is 9.64. The molecule has 10 nitrogen and oxygen atoms in total. The molecule has 2 aromatic rings. The molecular weight excluding hydrogens is 422 g/mol. The molecule has 2 aliphatic rings. The number of aromatic hydroxyl groups is 1. The highest BCUT2D eigenvalue weighted by Crippen LogP contribution is 2.37. The van der Waals surface area contributed by atoms with Crippen LogP contribution in [-0.4, -0.2) is 51.5 Å². The fraction of sp³-hybridized carbons (Fsp3) is 0.522. The summed E-state index contributed by atoms with van der Waals surface area (Å²) in [7, 11) is 1.90. The molecule has 10 heteroatoms. The number of ether oxygens (including phenoxy) is 1. The lowest BCUT2D eigenvalue weighted by atomic mass is 9.86. The standard InChI is InChI=1S/C23H33N7O3/c1-23(2,3)33-22(32)25-13-15-5-7-16(8-6-15)26-21-24-14-19-20(27-21)30(29(4)28-19)17-9-11-18(31)12-10-17/h9-12,14-16,28,31H,5-8,13H2,1-4H3,(H,25,32)(H,24,26,27). The monoisotopic (exact) mass is 455 g/mol. The van der Waals surface area contributed by atoms with Crippen molar-refractivity contribution in [2.75, 3.05) is 29.3 Å². The van der Waals surface area contributed by atoms with Gasteiger partial charge in [-0.25, -0.2) is 14.8 Å². The summed E-state index contributed by atoms with van der Waals surface area (Å²) in [5.41, 5.74) is 4.44. The van der Waals surface area contributed by atoms with Crippen LogP contribution in [0.3, 0.4) is 0 Å². The molecule has 1 aromatic heterocycles. The van der Waals surface area contributed by atoms with Gasteiger partial charge in [0.1, 0.15) is 17.0 Å². The van der Waals surface area contributed by atoms with Crippen LogP contribution < -0.4 is 21.1 Å². The average molecular weight is 456 g/mol. The van der Waals surface area contributed by atoms with E-state index in [9.17, 15) is 9.90 Å². The smallest absolute Gasteiger partial charge is 0.407 e. The lowest BCUT2D eigenvalue weighted by Gasteiger charge is -2.29. The summed E-state index contributed by atoms with van der Waals surface area (Å²) in [6.07, 6.45) is 5.43. The van der Waals surface area contributed by atoms with Crippen molar-refractivity contribution in [2.24, 2.45) is 5.92 Å². The van der Waals surface area contributed by atoms with Crippen LogP contribution in [0.1, 0.15) is 46.5 Å². The number of carbonyl (C=O) groups is 1. The van der Waals surface area contributed by atoms with Crippen molar-refractivity contribution < 1.29 is 14.6 Å². The summed E-state index contributed by atoms with van der Waals surface area (Å²) < 4.78 is 5.32. The van der Waals surface area contributed by atoms with E-state index in [1.165, 1.54) is 0 Å². The molecule has 0 spiro atoms. The SMILES string of the molecule is CN1Nc2cnc(NC3CCC(CNC(=O)OC(C)(C)C)CC3)nc2N1c1ccc(O)cc1. The van der Waals surface area contributed by atoms with Crippen molar-refractivity contribution in [2.45, 2.75) is 58.1 Å². The Balaban J connectivity index is 1.32. The molecule has 0 atom stereocenters. The molecule has 4 rings (SSSR count). The summed E-state index contributed by atoms with van der Waals surface area (Å²) in [4.78, 5) is 21.1. The Labute approximate surface area is 194 Å². The minimum absolute atomic E-state index is 0.218. The zero-order chi connectivity index (χ0) is 23.6. The van der Waals surface area contributed by atoms with Gasteiger partial charge in [0, 0.05) is 19.6 Å². The number of carbonyl (C=O) groups excluding carboxylic acids is 1. The van der Waals surface area contributed by atoms with Gasteiger partial charge < -0.3 is 20.5 Å². The molecule has 1 fully saturated rings. The number of amides is 1. The first-order valence-electron chi connectivity index (χ1n) is 11.4. The second kappa shape index (κ2) is 9.30. The van der Waals surface area contributed by atoms with E-state index in [1.807, 2.05) is 50.1 Å². The summed E-state index contributed by atoms with van der Waals surface area (Å²) in [6, 6.07) is 7.26. The van der Waals surface area contributed by atoms with Gasteiger partial charge in [0.2, 0.25) is 5.95 Å². The van der Waals surface area contributed by atoms with Crippen LogP contribution >= 0.6 is 0 Å². The molecule has 178 valence electrons. The predicted octanol–water partition coefficient (Wildman–Crippen LogP) is 4.00. The van der Waals surface area contributed by atoms with Crippen LogP contribution in [0.15, 0.2) is 30.5 Å². The van der Waals surface area contributed by atoms with Crippen molar-refractivity contribution in [3.63, 3.8) is 0 Å². The molecule has 0 saturated heterocycles. The number of hydrazine groups is 2. The van der Waals surface area contributed by atoms with Crippen LogP contribution in [0.25, 0.3) is 0 Å². The van der Waals surface area contributed by atoms with E-state index in [0.717, 1.165) is 42.9 Å². The number of rotatable bonds is 5. The van der Waals surface area contributed by atoms with Crippen molar-refractivity contribution in [3.8, 4) is 5.75 Å². The number of benzene rings is 1. The average Bonchev–Trinajstić information content (AvgIpc) is 3.08. The fourth-order valence-electron chi connectivity index (χ4n) is 4.17. The summed E-state index contributed by atoms with van der Waals surface area (Å²) >= 11 is 0. The second-order valence-corrected chi connectivity index (χ2v) is 9.64. The quantitative estimate of drug-likeness (QED) is 0.531.